The molecule has 0 saturated carbocycles. The normalized spacial score (nSPS) is 8.40. The van der Waals surface area contributed by atoms with Gasteiger partial charge in [0.05, 0.1) is 0 Å². The molecule has 0 aliphatic heterocycles. The van der Waals surface area contributed by atoms with Gasteiger partial charge in [0.2, 0.25) is 0 Å². The summed E-state index contributed by atoms with van der Waals surface area (Å²) < 4.78 is 39.5. The average molecular weight is 285 g/mol. The van der Waals surface area contributed by atoms with E-state index in [1.165, 1.54) is 0 Å². The summed E-state index contributed by atoms with van der Waals surface area (Å²) in [7, 11) is 0. The Morgan fingerprint density at radius 3 is 0.867 bits per heavy atom. The van der Waals surface area contributed by atoms with Gasteiger partial charge in [0.25, 0.3) is 0 Å². The zero-order chi connectivity index (χ0) is 12.4. The van der Waals surface area contributed by atoms with Crippen LogP contribution in [0.25, 0.3) is 0 Å². The predicted molar refractivity (Wildman–Crippen MR) is 67.1 cm³/mol. The molecular weight excluding hydrogens is 267 g/mol. The van der Waals surface area contributed by atoms with Crippen molar-refractivity contribution < 1.29 is 11.7 Å². The first kappa shape index (κ1) is 21.1. The topological polar surface area (TPSA) is 36.1 Å². The average Bonchev–Trinajstić information content (AvgIpc) is 2.23. The van der Waals surface area contributed by atoms with E-state index in [4.69, 9.17) is 0 Å². The van der Waals surface area contributed by atoms with Crippen LogP contribution < -0.4 is 14.2 Å². The summed E-state index contributed by atoms with van der Waals surface area (Å²) in [5.41, 5.74) is 0. The van der Waals surface area contributed by atoms with Crippen LogP contribution in [0.2, 0.25) is 0 Å². The lowest BCUT2D eigenvalue weighted by Gasteiger charge is -1.80. The Balaban J connectivity index is -0.000000144. The molecule has 9 heteroatoms. The predicted octanol–water partition coefficient (Wildman–Crippen LogP) is 3.39. The molecule has 0 aromatic rings. The fourth-order valence-corrected chi connectivity index (χ4v) is 0.491. The number of nitrogens with one attached hydrogen (secondary N) is 3. The summed E-state index contributed by atoms with van der Waals surface area (Å²) in [6.07, 6.45) is 0. The Bertz CT molecular complexity index is 65.6. The van der Waals surface area contributed by atoms with Gasteiger partial charge in [-0.3, -0.25) is 0 Å². The van der Waals surface area contributed by atoms with Crippen LogP contribution >= 0.6 is 37.0 Å². The first-order valence-electron chi connectivity index (χ1n) is 4.26. The maximum atomic E-state index is 10.8. The Hall–Kier alpha value is 0.720. The quantitative estimate of drug-likeness (QED) is 0.650. The zero-order valence-corrected chi connectivity index (χ0v) is 11.4. The van der Waals surface area contributed by atoms with Crippen molar-refractivity contribution in [3.8, 4) is 0 Å². The lowest BCUT2D eigenvalue weighted by Crippen LogP contribution is -1.95. The Morgan fingerprint density at radius 2 is 0.867 bits per heavy atom. The molecule has 96 valence electrons. The molecule has 0 bridgehead atoms. The summed E-state index contributed by atoms with van der Waals surface area (Å²) in [5, 5.41) is 0. The molecular formula is C6H18F3N3S3. The summed E-state index contributed by atoms with van der Waals surface area (Å²) in [5.74, 6) is 0. The van der Waals surface area contributed by atoms with Crippen molar-refractivity contribution in [3.05, 3.63) is 0 Å². The highest BCUT2D eigenvalue weighted by Crippen LogP contribution is 1.88. The molecule has 0 fully saturated rings. The molecule has 0 aromatic heterocycles. The molecule has 3 nitrogen and oxygen atoms in total. The maximum Gasteiger partial charge on any atom is 0.131 e. The van der Waals surface area contributed by atoms with Gasteiger partial charge in [-0.15, -0.1) is 11.7 Å². The molecule has 0 spiro atoms. The van der Waals surface area contributed by atoms with Crippen molar-refractivity contribution in [1.82, 2.24) is 14.2 Å². The Kier molecular flexibility index (Phi) is 41.2. The monoisotopic (exact) mass is 285 g/mol. The van der Waals surface area contributed by atoms with Crippen LogP contribution in [0.15, 0.2) is 0 Å². The summed E-state index contributed by atoms with van der Waals surface area (Å²) in [4.78, 5) is 0. The zero-order valence-electron chi connectivity index (χ0n) is 8.98. The molecule has 0 unspecified atom stereocenters. The van der Waals surface area contributed by atoms with Gasteiger partial charge >= 0.3 is 0 Å². The van der Waals surface area contributed by atoms with Gasteiger partial charge in [0.1, 0.15) is 37.0 Å². The second-order valence-electron chi connectivity index (χ2n) is 1.73. The third-order valence-corrected chi connectivity index (χ3v) is 1.79. The molecule has 0 aliphatic carbocycles. The van der Waals surface area contributed by atoms with Gasteiger partial charge in [-0.1, -0.05) is 20.8 Å². The molecule has 0 aromatic carbocycles. The number of halogens is 3. The highest BCUT2D eigenvalue weighted by Gasteiger charge is 1.69. The minimum Gasteiger partial charge on any atom is -0.236 e. The van der Waals surface area contributed by atoms with Gasteiger partial charge in [-0.05, 0) is 0 Å². The van der Waals surface area contributed by atoms with Gasteiger partial charge < -0.3 is 0 Å². The minimum absolute atomic E-state index is 0.152. The largest absolute Gasteiger partial charge is 0.236 e. The van der Waals surface area contributed by atoms with Crippen LogP contribution in [0.5, 0.6) is 0 Å². The van der Waals surface area contributed by atoms with Crippen molar-refractivity contribution in [2.45, 2.75) is 20.8 Å². The van der Waals surface area contributed by atoms with E-state index in [2.05, 4.69) is 14.2 Å². The van der Waals surface area contributed by atoms with Gasteiger partial charge in [-0.2, -0.15) is 0 Å². The number of hydrogen-bond donors (Lipinski definition) is 3. The lowest BCUT2D eigenvalue weighted by molar-refractivity contribution is 0.891. The molecule has 0 rings (SSSR count). The molecule has 0 atom stereocenters. The van der Waals surface area contributed by atoms with Crippen molar-refractivity contribution in [2.75, 3.05) is 19.6 Å². The van der Waals surface area contributed by atoms with E-state index in [0.717, 1.165) is 0 Å². The smallest absolute Gasteiger partial charge is 0.131 e. The molecule has 0 aliphatic rings. The number of hydrogen-bond acceptors (Lipinski definition) is 6. The molecule has 0 radical (unpaired) electrons. The second kappa shape index (κ2) is 29.3. The van der Waals surface area contributed by atoms with Crippen LogP contribution in [-0.4, -0.2) is 19.6 Å². The second-order valence-corrected chi connectivity index (χ2v) is 3.05. The van der Waals surface area contributed by atoms with E-state index >= 15 is 0 Å². The first-order chi connectivity index (χ1) is 7.24. The SMILES string of the molecule is CCNSF.CCNSF.CCNSF. The van der Waals surface area contributed by atoms with Crippen LogP contribution in [0, 0.1) is 0 Å². The number of rotatable bonds is 6. The highest BCUT2D eigenvalue weighted by molar-refractivity contribution is 7.92. The van der Waals surface area contributed by atoms with Crippen LogP contribution in [-0.2, 0) is 0 Å². The third kappa shape index (κ3) is 52.7. The van der Waals surface area contributed by atoms with E-state index < -0.39 is 0 Å². The van der Waals surface area contributed by atoms with Gasteiger partial charge in [0, 0.05) is 19.6 Å². The summed E-state index contributed by atoms with van der Waals surface area (Å²) >= 11 is 0.455. The molecule has 0 amide bonds. The first-order valence-corrected chi connectivity index (χ1v) is 6.41. The van der Waals surface area contributed by atoms with E-state index in [1.807, 2.05) is 20.8 Å². The maximum absolute atomic E-state index is 10.8. The van der Waals surface area contributed by atoms with Crippen molar-refractivity contribution >= 4 is 37.0 Å². The van der Waals surface area contributed by atoms with Crippen molar-refractivity contribution in [1.29, 1.82) is 0 Å². The third-order valence-electron chi connectivity index (χ3n) is 0.597. The van der Waals surface area contributed by atoms with Crippen LogP contribution in [0.3, 0.4) is 0 Å². The molecule has 3 N–H and O–H groups in total. The van der Waals surface area contributed by atoms with Gasteiger partial charge in [0.15, 0.2) is 0 Å². The molecule has 0 saturated heterocycles. The lowest BCUT2D eigenvalue weighted by atomic mass is 10.8. The Morgan fingerprint density at radius 1 is 0.667 bits per heavy atom. The van der Waals surface area contributed by atoms with Crippen molar-refractivity contribution in [2.24, 2.45) is 0 Å². The molecule has 15 heavy (non-hydrogen) atoms. The Labute approximate surface area is 103 Å². The van der Waals surface area contributed by atoms with Crippen molar-refractivity contribution in [3.63, 3.8) is 0 Å². The highest BCUT2D eigenvalue weighted by atomic mass is 32.2. The fraction of sp³-hybridized carbons (Fsp3) is 1.00. The minimum atomic E-state index is 0.152. The van der Waals surface area contributed by atoms with Gasteiger partial charge in [-0.25, -0.2) is 14.2 Å². The summed E-state index contributed by atoms with van der Waals surface area (Å²) in [6.45, 7) is 7.56. The van der Waals surface area contributed by atoms with E-state index in [1.54, 1.807) is 0 Å². The van der Waals surface area contributed by atoms with Crippen LogP contribution in [0.4, 0.5) is 11.7 Å². The van der Waals surface area contributed by atoms with E-state index in [-0.39, 0.29) is 37.0 Å². The summed E-state index contributed by atoms with van der Waals surface area (Å²) in [6, 6.07) is 0. The van der Waals surface area contributed by atoms with Crippen LogP contribution in [0.1, 0.15) is 20.8 Å². The standard InChI is InChI=1S/3C2H6FNS/c3*1-2-4-5-3/h3*4H,2H2,1H3. The molecule has 0 heterocycles. The van der Waals surface area contributed by atoms with E-state index in [9.17, 15) is 11.7 Å². The fourth-order valence-electron chi connectivity index (χ4n) is 0.164. The van der Waals surface area contributed by atoms with E-state index in [0.29, 0.717) is 19.6 Å².